The maximum Gasteiger partial charge on any atom is 0.325 e. The first kappa shape index (κ1) is 30.8. The lowest BCUT2D eigenvalue weighted by molar-refractivity contribution is -0.640. The molecule has 0 fully saturated rings. The number of rotatable bonds is 16. The quantitative estimate of drug-likeness (QED) is 0.0644. The Morgan fingerprint density at radius 1 is 1.05 bits per heavy atom. The second kappa shape index (κ2) is 15.7. The van der Waals surface area contributed by atoms with Crippen LogP contribution in [0.15, 0.2) is 35.3 Å². The number of nitrogens with zero attached hydrogens (tertiary/aromatic N) is 3. The van der Waals surface area contributed by atoms with Gasteiger partial charge in [0, 0.05) is 13.0 Å². The van der Waals surface area contributed by atoms with Gasteiger partial charge in [-0.15, -0.1) is 0 Å². The van der Waals surface area contributed by atoms with Gasteiger partial charge in [0.1, 0.15) is 12.1 Å². The van der Waals surface area contributed by atoms with E-state index in [2.05, 4.69) is 15.6 Å². The molecule has 14 nitrogen and oxygen atoms in total. The highest BCUT2D eigenvalue weighted by molar-refractivity contribution is 5.92. The molecular formula is C23H35N7O7. The summed E-state index contributed by atoms with van der Waals surface area (Å²) in [6.45, 7) is 2.47. The Labute approximate surface area is 214 Å². The molecule has 0 bridgehead atoms. The van der Waals surface area contributed by atoms with Crippen molar-refractivity contribution in [3.8, 4) is 0 Å². The highest BCUT2D eigenvalue weighted by Crippen LogP contribution is 2.12. The van der Waals surface area contributed by atoms with Gasteiger partial charge in [-0.1, -0.05) is 30.3 Å². The van der Waals surface area contributed by atoms with Crippen LogP contribution in [-0.2, 0) is 25.6 Å². The van der Waals surface area contributed by atoms with Crippen molar-refractivity contribution < 1.29 is 29.3 Å². The summed E-state index contributed by atoms with van der Waals surface area (Å²) in [7, 11) is 0. The molecule has 3 amide bonds. The van der Waals surface area contributed by atoms with Crippen LogP contribution in [0.2, 0.25) is 0 Å². The molecule has 1 aromatic rings. The topological polar surface area (TPSA) is 223 Å². The Morgan fingerprint density at radius 2 is 1.70 bits per heavy atom. The zero-order chi connectivity index (χ0) is 28.0. The van der Waals surface area contributed by atoms with Gasteiger partial charge in [0.25, 0.3) is 0 Å². The highest BCUT2D eigenvalue weighted by atomic mass is 16.7. The van der Waals surface area contributed by atoms with Crippen molar-refractivity contribution >= 4 is 29.7 Å². The van der Waals surface area contributed by atoms with E-state index in [-0.39, 0.29) is 36.8 Å². The molecular weight excluding hydrogens is 486 g/mol. The summed E-state index contributed by atoms with van der Waals surface area (Å²) in [5.41, 5.74) is 11.6. The number of carbonyl (C=O) groups excluding carboxylic acids is 3. The summed E-state index contributed by atoms with van der Waals surface area (Å²) in [6, 6.07) is 5.39. The molecule has 37 heavy (non-hydrogen) atoms. The average Bonchev–Trinajstić information content (AvgIpc) is 2.83. The van der Waals surface area contributed by atoms with Gasteiger partial charge in [0.2, 0.25) is 11.8 Å². The number of aliphatic imine (C=N–C) groups is 1. The molecule has 14 heteroatoms. The molecule has 7 N–H and O–H groups in total. The molecule has 0 radical (unpaired) electrons. The van der Waals surface area contributed by atoms with Crippen LogP contribution >= 0.6 is 0 Å². The number of hydrogen-bond acceptors (Lipinski definition) is 7. The minimum atomic E-state index is -1.66. The van der Waals surface area contributed by atoms with Crippen LogP contribution in [0.4, 0.5) is 0 Å². The number of carboxylic acids is 1. The van der Waals surface area contributed by atoms with Crippen LogP contribution in [0, 0.1) is 10.1 Å². The predicted octanol–water partition coefficient (Wildman–Crippen LogP) is -0.0641. The number of aryl methyl sites for hydroxylation is 1. The molecule has 0 saturated heterocycles. The monoisotopic (exact) mass is 521 g/mol. The van der Waals surface area contributed by atoms with E-state index in [1.165, 1.54) is 13.8 Å². The first-order valence-corrected chi connectivity index (χ1v) is 11.8. The third kappa shape index (κ3) is 11.4. The van der Waals surface area contributed by atoms with Gasteiger partial charge in [0.05, 0.1) is 0 Å². The Bertz CT molecular complexity index is 967. The van der Waals surface area contributed by atoms with Crippen molar-refractivity contribution in [1.82, 2.24) is 15.6 Å². The molecule has 0 aliphatic carbocycles. The number of carboxylic acid groups (broad SMARTS) is 1. The third-order valence-corrected chi connectivity index (χ3v) is 5.37. The zero-order valence-corrected chi connectivity index (χ0v) is 21.0. The van der Waals surface area contributed by atoms with E-state index in [9.17, 15) is 29.3 Å². The number of amides is 3. The molecule has 0 aliphatic heterocycles. The molecule has 1 rings (SSSR count). The van der Waals surface area contributed by atoms with E-state index < -0.39 is 46.8 Å². The lowest BCUT2D eigenvalue weighted by atomic mass is 10.1. The standard InChI is InChI=1S/C23H35N7O7/c1-15(27-19(31)13-7-6-11-17-9-4-3-5-10-17)21(33)29(30(36)37)18(12-8-14-26-23(24)25)20(32)28-16(2)22(34)35/h3-5,9-10,15-16,18H,6-8,11-14H2,1-2H3,(H,27,31)(H,28,32)(H,34,35)(H4,24,25,26)/t15-,16-,18-/m0/s1. The minimum absolute atomic E-state index is 0.0234. The fourth-order valence-electron chi connectivity index (χ4n) is 3.41. The summed E-state index contributed by atoms with van der Waals surface area (Å²) < 4.78 is 0. The maximum absolute atomic E-state index is 12.9. The number of nitrogens with one attached hydrogen (secondary N) is 2. The number of hydrazine groups is 1. The normalized spacial score (nSPS) is 12.9. The third-order valence-electron chi connectivity index (χ3n) is 5.37. The van der Waals surface area contributed by atoms with Crippen molar-refractivity contribution in [2.75, 3.05) is 6.54 Å². The van der Waals surface area contributed by atoms with Crippen LogP contribution in [0.5, 0.6) is 0 Å². The maximum atomic E-state index is 12.9. The molecule has 0 aliphatic rings. The van der Waals surface area contributed by atoms with E-state index in [4.69, 9.17) is 16.6 Å². The van der Waals surface area contributed by atoms with Crippen molar-refractivity contribution in [3.05, 3.63) is 46.0 Å². The fraction of sp³-hybridized carbons (Fsp3) is 0.522. The van der Waals surface area contributed by atoms with Gasteiger partial charge in [0.15, 0.2) is 17.0 Å². The molecule has 204 valence electrons. The Kier molecular flexibility index (Phi) is 13.1. The van der Waals surface area contributed by atoms with Crippen LogP contribution in [-0.4, -0.2) is 69.5 Å². The van der Waals surface area contributed by atoms with Crippen LogP contribution in [0.1, 0.15) is 51.5 Å². The first-order valence-electron chi connectivity index (χ1n) is 11.8. The minimum Gasteiger partial charge on any atom is -0.480 e. The number of guanidine groups is 1. The zero-order valence-electron chi connectivity index (χ0n) is 21.0. The number of hydrogen-bond donors (Lipinski definition) is 5. The largest absolute Gasteiger partial charge is 0.480 e. The predicted molar refractivity (Wildman–Crippen MR) is 134 cm³/mol. The van der Waals surface area contributed by atoms with E-state index in [1.807, 2.05) is 30.3 Å². The van der Waals surface area contributed by atoms with E-state index in [1.54, 1.807) is 0 Å². The van der Waals surface area contributed by atoms with Crippen LogP contribution < -0.4 is 22.1 Å². The smallest absolute Gasteiger partial charge is 0.325 e. The molecule has 0 saturated carbocycles. The molecule has 3 atom stereocenters. The summed E-state index contributed by atoms with van der Waals surface area (Å²) in [5.74, 6) is -4.22. The van der Waals surface area contributed by atoms with Crippen molar-refractivity contribution in [3.63, 3.8) is 0 Å². The number of aliphatic carboxylic acids is 1. The van der Waals surface area contributed by atoms with E-state index in [0.29, 0.717) is 6.42 Å². The summed E-state index contributed by atoms with van der Waals surface area (Å²) in [5, 5.41) is 24.5. The Morgan fingerprint density at radius 3 is 2.27 bits per heavy atom. The van der Waals surface area contributed by atoms with Gasteiger partial charge in [-0.05, 0) is 56.5 Å². The lowest BCUT2D eigenvalue weighted by Crippen LogP contribution is -2.58. The van der Waals surface area contributed by atoms with Crippen LogP contribution in [0.3, 0.4) is 0 Å². The van der Waals surface area contributed by atoms with Crippen LogP contribution in [0.25, 0.3) is 0 Å². The first-order chi connectivity index (χ1) is 17.4. The Balaban J connectivity index is 2.84. The van der Waals surface area contributed by atoms with Gasteiger partial charge < -0.3 is 27.2 Å². The van der Waals surface area contributed by atoms with Crippen molar-refractivity contribution in [2.45, 2.75) is 70.5 Å². The van der Waals surface area contributed by atoms with Crippen molar-refractivity contribution in [1.29, 1.82) is 0 Å². The van der Waals surface area contributed by atoms with Gasteiger partial charge in [-0.3, -0.25) is 24.2 Å². The number of nitro groups is 1. The summed E-state index contributed by atoms with van der Waals surface area (Å²) in [6.07, 6.45) is 2.02. The van der Waals surface area contributed by atoms with Gasteiger partial charge >= 0.3 is 11.9 Å². The molecule has 0 heterocycles. The summed E-state index contributed by atoms with van der Waals surface area (Å²) >= 11 is 0. The second-order valence-corrected chi connectivity index (χ2v) is 8.44. The molecule has 1 aromatic carbocycles. The lowest BCUT2D eigenvalue weighted by Gasteiger charge is -2.25. The highest BCUT2D eigenvalue weighted by Gasteiger charge is 2.41. The number of carbonyl (C=O) groups is 4. The second-order valence-electron chi connectivity index (χ2n) is 8.44. The number of benzene rings is 1. The van der Waals surface area contributed by atoms with E-state index >= 15 is 0 Å². The van der Waals surface area contributed by atoms with E-state index in [0.717, 1.165) is 18.4 Å². The van der Waals surface area contributed by atoms with Gasteiger partial charge in [-0.2, -0.15) is 0 Å². The Hall–Kier alpha value is -4.23. The number of nitrogens with two attached hydrogens (primary N) is 2. The number of unbranched alkanes of at least 4 members (excludes halogenated alkanes) is 1. The van der Waals surface area contributed by atoms with Crippen molar-refractivity contribution in [2.24, 2.45) is 16.5 Å². The average molecular weight is 522 g/mol. The van der Waals surface area contributed by atoms with Gasteiger partial charge in [-0.25, -0.2) is 10.1 Å². The molecule has 0 spiro atoms. The molecule has 0 aromatic heterocycles. The summed E-state index contributed by atoms with van der Waals surface area (Å²) in [4.78, 5) is 64.7. The molecule has 0 unspecified atom stereocenters. The SMILES string of the molecule is C[C@H](NC(=O)[C@H](CCCN=C(N)N)N(C(=O)[C@H](C)NC(=O)CCCCc1ccccc1)[N+](=O)[O-])C(=O)O. The fourth-order valence-corrected chi connectivity index (χ4v) is 3.41.